The summed E-state index contributed by atoms with van der Waals surface area (Å²) in [6, 6.07) is 5.18. The van der Waals surface area contributed by atoms with E-state index in [0.29, 0.717) is 19.1 Å². The minimum atomic E-state index is -3.00. The summed E-state index contributed by atoms with van der Waals surface area (Å²) in [6.07, 6.45) is 3.57. The van der Waals surface area contributed by atoms with Crippen LogP contribution < -0.4 is 10.2 Å². The maximum atomic E-state index is 13.4. The van der Waals surface area contributed by atoms with Crippen molar-refractivity contribution in [2.45, 2.75) is 25.4 Å². The number of benzene rings is 1. The number of nitrogens with zero attached hydrogens (tertiary/aromatic N) is 1. The van der Waals surface area contributed by atoms with Crippen LogP contribution in [-0.4, -0.2) is 40.1 Å². The molecule has 0 unspecified atom stereocenters. The Morgan fingerprint density at radius 1 is 1.40 bits per heavy atom. The van der Waals surface area contributed by atoms with Crippen molar-refractivity contribution in [2.75, 3.05) is 30.5 Å². The largest absolute Gasteiger partial charge is 0.373 e. The van der Waals surface area contributed by atoms with Crippen LogP contribution >= 0.6 is 0 Å². The van der Waals surface area contributed by atoms with E-state index >= 15 is 0 Å². The molecule has 0 aliphatic heterocycles. The van der Waals surface area contributed by atoms with E-state index in [1.165, 1.54) is 31.2 Å². The van der Waals surface area contributed by atoms with Crippen molar-refractivity contribution in [3.05, 3.63) is 29.6 Å². The number of nitrogens with one attached hydrogen (secondary N) is 1. The van der Waals surface area contributed by atoms with E-state index in [2.05, 4.69) is 5.32 Å². The molecular weight excluding hydrogens is 279 g/mol. The van der Waals surface area contributed by atoms with E-state index in [0.717, 1.165) is 11.3 Å². The number of rotatable bonds is 7. The standard InChI is InChI=1S/C14H21FN2O2S/c1-17(7-8-20(2,18)19)14-6-3-12(15)9-11(14)10-16-13-4-5-13/h3,6,9,13,16H,4-5,7-8,10H2,1-2H3. The van der Waals surface area contributed by atoms with Crippen molar-refractivity contribution in [1.29, 1.82) is 0 Å². The fourth-order valence-electron chi connectivity index (χ4n) is 2.03. The molecule has 0 spiro atoms. The summed E-state index contributed by atoms with van der Waals surface area (Å²) in [6.45, 7) is 1.02. The van der Waals surface area contributed by atoms with E-state index in [1.54, 1.807) is 6.07 Å². The third-order valence-corrected chi connectivity index (χ3v) is 4.33. The Balaban J connectivity index is 2.07. The van der Waals surface area contributed by atoms with Gasteiger partial charge in [0.25, 0.3) is 0 Å². The lowest BCUT2D eigenvalue weighted by Crippen LogP contribution is -2.27. The van der Waals surface area contributed by atoms with Gasteiger partial charge in [0.15, 0.2) is 0 Å². The molecule has 0 aromatic heterocycles. The average Bonchev–Trinajstić information content (AvgIpc) is 3.16. The molecule has 1 aromatic rings. The Morgan fingerprint density at radius 2 is 2.10 bits per heavy atom. The van der Waals surface area contributed by atoms with Crippen LogP contribution in [0.15, 0.2) is 18.2 Å². The summed E-state index contributed by atoms with van der Waals surface area (Å²) in [5, 5.41) is 3.36. The number of sulfone groups is 1. The molecule has 1 N–H and O–H groups in total. The highest BCUT2D eigenvalue weighted by Crippen LogP contribution is 2.24. The van der Waals surface area contributed by atoms with Gasteiger partial charge >= 0.3 is 0 Å². The van der Waals surface area contributed by atoms with Crippen molar-refractivity contribution < 1.29 is 12.8 Å². The molecular formula is C14H21FN2O2S. The summed E-state index contributed by atoms with van der Waals surface area (Å²) in [5.74, 6) is -0.172. The van der Waals surface area contributed by atoms with Crippen LogP contribution in [0.25, 0.3) is 0 Å². The quantitative estimate of drug-likeness (QED) is 0.830. The maximum absolute atomic E-state index is 13.4. The van der Waals surface area contributed by atoms with Gasteiger partial charge in [-0.2, -0.15) is 0 Å². The summed E-state index contributed by atoms with van der Waals surface area (Å²) < 4.78 is 35.8. The van der Waals surface area contributed by atoms with Gasteiger partial charge in [-0.1, -0.05) is 0 Å². The molecule has 0 heterocycles. The van der Waals surface area contributed by atoms with Gasteiger partial charge in [0.2, 0.25) is 0 Å². The van der Waals surface area contributed by atoms with Crippen LogP contribution in [0.5, 0.6) is 0 Å². The number of anilines is 1. The lowest BCUT2D eigenvalue weighted by molar-refractivity contribution is 0.600. The third kappa shape index (κ3) is 4.76. The molecule has 1 fully saturated rings. The van der Waals surface area contributed by atoms with Crippen molar-refractivity contribution in [2.24, 2.45) is 0 Å². The van der Waals surface area contributed by atoms with Gasteiger partial charge in [0.05, 0.1) is 5.75 Å². The fourth-order valence-corrected chi connectivity index (χ4v) is 2.64. The molecule has 1 aromatic carbocycles. The molecule has 0 amide bonds. The van der Waals surface area contributed by atoms with Crippen LogP contribution in [0.3, 0.4) is 0 Å². The monoisotopic (exact) mass is 300 g/mol. The average molecular weight is 300 g/mol. The van der Waals surface area contributed by atoms with E-state index in [-0.39, 0.29) is 11.6 Å². The first-order valence-corrected chi connectivity index (χ1v) is 8.82. The van der Waals surface area contributed by atoms with Crippen LogP contribution in [0.4, 0.5) is 10.1 Å². The Hall–Kier alpha value is -1.14. The zero-order chi connectivity index (χ0) is 14.8. The SMILES string of the molecule is CN(CCS(C)(=O)=O)c1ccc(F)cc1CNC1CC1. The minimum absolute atomic E-state index is 0.0936. The highest BCUT2D eigenvalue weighted by molar-refractivity contribution is 7.90. The topological polar surface area (TPSA) is 49.4 Å². The molecule has 20 heavy (non-hydrogen) atoms. The molecule has 1 aliphatic carbocycles. The minimum Gasteiger partial charge on any atom is -0.373 e. The van der Waals surface area contributed by atoms with Gasteiger partial charge in [0, 0.05) is 38.1 Å². The van der Waals surface area contributed by atoms with Crippen molar-refractivity contribution in [3.63, 3.8) is 0 Å². The fraction of sp³-hybridized carbons (Fsp3) is 0.571. The molecule has 4 nitrogen and oxygen atoms in total. The van der Waals surface area contributed by atoms with E-state index in [4.69, 9.17) is 0 Å². The predicted octanol–water partition coefficient (Wildman–Crippen LogP) is 1.56. The van der Waals surface area contributed by atoms with Crippen LogP contribution in [0.2, 0.25) is 0 Å². The van der Waals surface area contributed by atoms with Gasteiger partial charge in [-0.25, -0.2) is 12.8 Å². The maximum Gasteiger partial charge on any atom is 0.149 e. The van der Waals surface area contributed by atoms with E-state index in [9.17, 15) is 12.8 Å². The smallest absolute Gasteiger partial charge is 0.149 e. The lowest BCUT2D eigenvalue weighted by Gasteiger charge is -2.22. The van der Waals surface area contributed by atoms with E-state index in [1.807, 2.05) is 11.9 Å². The van der Waals surface area contributed by atoms with Gasteiger partial charge in [-0.05, 0) is 36.6 Å². The third-order valence-electron chi connectivity index (χ3n) is 3.41. The summed E-state index contributed by atoms with van der Waals surface area (Å²) >= 11 is 0. The van der Waals surface area contributed by atoms with Crippen molar-refractivity contribution in [1.82, 2.24) is 5.32 Å². The molecule has 0 bridgehead atoms. The number of hydrogen-bond acceptors (Lipinski definition) is 4. The Kier molecular flexibility index (Phi) is 4.65. The predicted molar refractivity (Wildman–Crippen MR) is 79.2 cm³/mol. The second kappa shape index (κ2) is 6.10. The normalized spacial score (nSPS) is 15.3. The number of hydrogen-bond donors (Lipinski definition) is 1. The Bertz CT molecular complexity index is 571. The zero-order valence-corrected chi connectivity index (χ0v) is 12.7. The molecule has 1 aliphatic rings. The molecule has 6 heteroatoms. The zero-order valence-electron chi connectivity index (χ0n) is 11.9. The second-order valence-electron chi connectivity index (χ2n) is 5.48. The van der Waals surface area contributed by atoms with E-state index < -0.39 is 9.84 Å². The number of halogens is 1. The van der Waals surface area contributed by atoms with Crippen LogP contribution in [-0.2, 0) is 16.4 Å². The molecule has 0 saturated heterocycles. The van der Waals surface area contributed by atoms with Crippen molar-refractivity contribution >= 4 is 15.5 Å². The molecule has 0 radical (unpaired) electrons. The summed E-state index contributed by atoms with van der Waals surface area (Å²) in [7, 11) is -1.16. The molecule has 1 saturated carbocycles. The second-order valence-corrected chi connectivity index (χ2v) is 7.74. The van der Waals surface area contributed by atoms with Crippen molar-refractivity contribution in [3.8, 4) is 0 Å². The first-order valence-electron chi connectivity index (χ1n) is 6.76. The van der Waals surface area contributed by atoms with Gasteiger partial charge in [-0.3, -0.25) is 0 Å². The Labute approximate surface area is 119 Å². The molecule has 2 rings (SSSR count). The van der Waals surface area contributed by atoms with Gasteiger partial charge < -0.3 is 10.2 Å². The van der Waals surface area contributed by atoms with Gasteiger partial charge in [0.1, 0.15) is 15.7 Å². The molecule has 112 valence electrons. The first-order chi connectivity index (χ1) is 9.35. The van der Waals surface area contributed by atoms with Crippen LogP contribution in [0, 0.1) is 5.82 Å². The highest BCUT2D eigenvalue weighted by atomic mass is 32.2. The Morgan fingerprint density at radius 3 is 2.70 bits per heavy atom. The van der Waals surface area contributed by atoms with Crippen LogP contribution in [0.1, 0.15) is 18.4 Å². The summed E-state index contributed by atoms with van der Waals surface area (Å²) in [4.78, 5) is 1.87. The lowest BCUT2D eigenvalue weighted by atomic mass is 10.1. The summed E-state index contributed by atoms with van der Waals surface area (Å²) in [5.41, 5.74) is 1.75. The highest BCUT2D eigenvalue weighted by Gasteiger charge is 2.21. The first kappa shape index (κ1) is 15.3. The van der Waals surface area contributed by atoms with Gasteiger partial charge in [-0.15, -0.1) is 0 Å². The molecule has 0 atom stereocenters.